The molecule has 0 saturated carbocycles. The Morgan fingerprint density at radius 3 is 2.94 bits per heavy atom. The van der Waals surface area contributed by atoms with Crippen LogP contribution in [0.25, 0.3) is 0 Å². The van der Waals surface area contributed by atoms with Crippen LogP contribution in [0, 0.1) is 5.92 Å². The topological polar surface area (TPSA) is 62.1 Å². The van der Waals surface area contributed by atoms with Crippen molar-refractivity contribution in [3.8, 4) is 0 Å². The number of nitrogens with two attached hydrogens (primary N) is 1. The molecule has 1 aliphatic rings. The van der Waals surface area contributed by atoms with Crippen LogP contribution in [0.2, 0.25) is 0 Å². The first-order valence-electron chi connectivity index (χ1n) is 6.26. The predicted molar refractivity (Wildman–Crippen MR) is 68.8 cm³/mol. The van der Waals surface area contributed by atoms with Gasteiger partial charge >= 0.3 is 0 Å². The monoisotopic (exact) mass is 235 g/mol. The number of pyridine rings is 1. The number of hydrogen-bond donors (Lipinski definition) is 2. The minimum atomic E-state index is -0.0245. The van der Waals surface area contributed by atoms with Gasteiger partial charge in [-0.2, -0.15) is 0 Å². The van der Waals surface area contributed by atoms with Crippen LogP contribution < -0.4 is 11.3 Å². The van der Waals surface area contributed by atoms with Crippen molar-refractivity contribution >= 4 is 0 Å². The first-order chi connectivity index (χ1) is 8.10. The molecule has 3 N–H and O–H groups in total. The first-order valence-corrected chi connectivity index (χ1v) is 6.26. The van der Waals surface area contributed by atoms with Gasteiger partial charge < -0.3 is 10.7 Å². The molecule has 0 aromatic carbocycles. The zero-order chi connectivity index (χ0) is 12.4. The molecule has 1 aromatic rings. The number of fused-ring (bicyclic) bond motifs is 1. The molecule has 4 nitrogen and oxygen atoms in total. The highest BCUT2D eigenvalue weighted by Gasteiger charge is 2.18. The summed E-state index contributed by atoms with van der Waals surface area (Å²) in [5.41, 5.74) is 8.55. The lowest BCUT2D eigenvalue weighted by Gasteiger charge is -2.29. The number of nitrogens with zero attached hydrogens (tertiary/aromatic N) is 1. The number of H-pyrrole nitrogens is 1. The lowest BCUT2D eigenvalue weighted by Crippen LogP contribution is -2.35. The molecular weight excluding hydrogens is 214 g/mol. The van der Waals surface area contributed by atoms with Crippen molar-refractivity contribution in [2.75, 3.05) is 13.1 Å². The second-order valence-corrected chi connectivity index (χ2v) is 5.21. The fraction of sp³-hybridized carbons (Fsp3) is 0.615. The van der Waals surface area contributed by atoms with E-state index in [1.807, 2.05) is 6.07 Å². The molecule has 0 atom stereocenters. The van der Waals surface area contributed by atoms with E-state index in [4.69, 9.17) is 5.73 Å². The maximum absolute atomic E-state index is 11.6. The summed E-state index contributed by atoms with van der Waals surface area (Å²) >= 11 is 0. The van der Waals surface area contributed by atoms with Gasteiger partial charge in [0.2, 0.25) is 0 Å². The maximum atomic E-state index is 11.6. The Bertz CT molecular complexity index is 450. The highest BCUT2D eigenvalue weighted by Crippen LogP contribution is 2.17. The third-order valence-corrected chi connectivity index (χ3v) is 3.21. The van der Waals surface area contributed by atoms with Gasteiger partial charge in [-0.25, -0.2) is 0 Å². The molecule has 0 spiro atoms. The van der Waals surface area contributed by atoms with Crippen LogP contribution in [-0.2, 0) is 19.5 Å². The Kier molecular flexibility index (Phi) is 3.64. The van der Waals surface area contributed by atoms with E-state index in [1.54, 1.807) is 0 Å². The summed E-state index contributed by atoms with van der Waals surface area (Å²) in [5, 5.41) is 0. The van der Waals surface area contributed by atoms with Gasteiger partial charge in [-0.3, -0.25) is 9.69 Å². The summed E-state index contributed by atoms with van der Waals surface area (Å²) in [4.78, 5) is 17.0. The number of aromatic nitrogens is 1. The standard InChI is InChI=1S/C13H21N3O/c1-9(2)7-16-4-3-12-11(8-16)5-10(6-14)13(17)15-12/h5,9H,3-4,6-8,14H2,1-2H3,(H,15,17). The van der Waals surface area contributed by atoms with Crippen molar-refractivity contribution in [2.24, 2.45) is 11.7 Å². The molecule has 1 aromatic heterocycles. The van der Waals surface area contributed by atoms with Crippen LogP contribution in [0.15, 0.2) is 10.9 Å². The molecule has 0 unspecified atom stereocenters. The van der Waals surface area contributed by atoms with E-state index in [1.165, 1.54) is 5.56 Å². The van der Waals surface area contributed by atoms with E-state index in [0.717, 1.165) is 31.7 Å². The smallest absolute Gasteiger partial charge is 0.252 e. The van der Waals surface area contributed by atoms with Gasteiger partial charge in [0.1, 0.15) is 0 Å². The van der Waals surface area contributed by atoms with Crippen molar-refractivity contribution < 1.29 is 0 Å². The molecule has 17 heavy (non-hydrogen) atoms. The van der Waals surface area contributed by atoms with E-state index in [0.29, 0.717) is 18.0 Å². The molecule has 2 rings (SSSR count). The van der Waals surface area contributed by atoms with Gasteiger partial charge in [-0.05, 0) is 17.5 Å². The average Bonchev–Trinajstić information content (AvgIpc) is 2.28. The molecule has 4 heteroatoms. The van der Waals surface area contributed by atoms with E-state index in [-0.39, 0.29) is 5.56 Å². The molecular formula is C13H21N3O. The lowest BCUT2D eigenvalue weighted by atomic mass is 10.0. The average molecular weight is 235 g/mol. The van der Waals surface area contributed by atoms with Crippen LogP contribution in [-0.4, -0.2) is 23.0 Å². The maximum Gasteiger partial charge on any atom is 0.252 e. The SMILES string of the molecule is CC(C)CN1CCc2[nH]c(=O)c(CN)cc2C1. The quantitative estimate of drug-likeness (QED) is 0.816. The first kappa shape index (κ1) is 12.3. The molecule has 2 heterocycles. The Morgan fingerprint density at radius 2 is 2.29 bits per heavy atom. The van der Waals surface area contributed by atoms with Crippen LogP contribution in [0.4, 0.5) is 0 Å². The zero-order valence-corrected chi connectivity index (χ0v) is 10.6. The molecule has 1 aliphatic heterocycles. The normalized spacial score (nSPS) is 16.2. The van der Waals surface area contributed by atoms with E-state index >= 15 is 0 Å². The highest BCUT2D eigenvalue weighted by atomic mass is 16.1. The van der Waals surface area contributed by atoms with Crippen molar-refractivity contribution in [3.05, 3.63) is 33.2 Å². The van der Waals surface area contributed by atoms with Crippen LogP contribution in [0.5, 0.6) is 0 Å². The minimum absolute atomic E-state index is 0.0245. The fourth-order valence-electron chi connectivity index (χ4n) is 2.44. The Balaban J connectivity index is 2.22. The predicted octanol–water partition coefficient (Wildman–Crippen LogP) is 0.848. The van der Waals surface area contributed by atoms with Gasteiger partial charge in [-0.1, -0.05) is 13.8 Å². The summed E-state index contributed by atoms with van der Waals surface area (Å²) in [6.07, 6.45) is 0.933. The van der Waals surface area contributed by atoms with Crippen molar-refractivity contribution in [2.45, 2.75) is 33.4 Å². The number of hydrogen-bond acceptors (Lipinski definition) is 3. The van der Waals surface area contributed by atoms with Gasteiger partial charge in [0.15, 0.2) is 0 Å². The van der Waals surface area contributed by atoms with E-state index in [2.05, 4.69) is 23.7 Å². The zero-order valence-electron chi connectivity index (χ0n) is 10.6. The molecule has 0 fully saturated rings. The van der Waals surface area contributed by atoms with E-state index < -0.39 is 0 Å². The number of nitrogens with one attached hydrogen (secondary N) is 1. The lowest BCUT2D eigenvalue weighted by molar-refractivity contribution is 0.224. The summed E-state index contributed by atoms with van der Waals surface area (Å²) in [7, 11) is 0. The molecule has 0 aliphatic carbocycles. The summed E-state index contributed by atoms with van der Waals surface area (Å²) in [5.74, 6) is 0.674. The summed E-state index contributed by atoms with van der Waals surface area (Å²) < 4.78 is 0. The highest BCUT2D eigenvalue weighted by molar-refractivity contribution is 5.27. The van der Waals surface area contributed by atoms with Gasteiger partial charge in [0, 0.05) is 43.9 Å². The van der Waals surface area contributed by atoms with Crippen molar-refractivity contribution in [1.82, 2.24) is 9.88 Å². The second-order valence-electron chi connectivity index (χ2n) is 5.21. The summed E-state index contributed by atoms with van der Waals surface area (Å²) in [6.45, 7) is 7.84. The molecule has 0 amide bonds. The Hall–Kier alpha value is -1.13. The van der Waals surface area contributed by atoms with Crippen LogP contribution in [0.1, 0.15) is 30.7 Å². The molecule has 0 bridgehead atoms. The van der Waals surface area contributed by atoms with Crippen molar-refractivity contribution in [1.29, 1.82) is 0 Å². The third-order valence-electron chi connectivity index (χ3n) is 3.21. The van der Waals surface area contributed by atoms with Gasteiger partial charge in [-0.15, -0.1) is 0 Å². The molecule has 94 valence electrons. The van der Waals surface area contributed by atoms with E-state index in [9.17, 15) is 4.79 Å². The number of aromatic amines is 1. The largest absolute Gasteiger partial charge is 0.326 e. The van der Waals surface area contributed by atoms with Crippen LogP contribution >= 0.6 is 0 Å². The Labute approximate surface area is 102 Å². The Morgan fingerprint density at radius 1 is 1.53 bits per heavy atom. The summed E-state index contributed by atoms with van der Waals surface area (Å²) in [6, 6.07) is 1.97. The number of rotatable bonds is 3. The van der Waals surface area contributed by atoms with Crippen molar-refractivity contribution in [3.63, 3.8) is 0 Å². The van der Waals surface area contributed by atoms with Gasteiger partial charge in [0.25, 0.3) is 5.56 Å². The molecule has 0 saturated heterocycles. The van der Waals surface area contributed by atoms with Crippen LogP contribution in [0.3, 0.4) is 0 Å². The second kappa shape index (κ2) is 5.02. The fourth-order valence-corrected chi connectivity index (χ4v) is 2.44. The minimum Gasteiger partial charge on any atom is -0.326 e. The van der Waals surface area contributed by atoms with Gasteiger partial charge in [0.05, 0.1) is 0 Å². The third kappa shape index (κ3) is 2.76. The molecule has 0 radical (unpaired) electrons.